The van der Waals surface area contributed by atoms with Gasteiger partial charge in [-0.3, -0.25) is 0 Å². The summed E-state index contributed by atoms with van der Waals surface area (Å²) in [5.74, 6) is 2.51. The molecule has 0 aliphatic heterocycles. The third-order valence-corrected chi connectivity index (χ3v) is 4.60. The van der Waals surface area contributed by atoms with Crippen LogP contribution in [-0.4, -0.2) is 11.5 Å². The molecule has 138 valence electrons. The van der Waals surface area contributed by atoms with E-state index in [0.717, 1.165) is 34.4 Å². The Balaban J connectivity index is 1.76. The van der Waals surface area contributed by atoms with E-state index in [2.05, 4.69) is 20.9 Å². The Morgan fingerprint density at radius 1 is 1.04 bits per heavy atom. The molecule has 0 aliphatic carbocycles. The number of para-hydroxylation sites is 1. The Morgan fingerprint density at radius 2 is 1.81 bits per heavy atom. The van der Waals surface area contributed by atoms with Crippen LogP contribution >= 0.6 is 11.9 Å². The van der Waals surface area contributed by atoms with Crippen LogP contribution in [0.4, 0.5) is 18.9 Å². The number of nitrogens with one attached hydrogen (secondary N) is 2. The van der Waals surface area contributed by atoms with Gasteiger partial charge in [-0.1, -0.05) is 24.1 Å². The van der Waals surface area contributed by atoms with Gasteiger partial charge in [-0.2, -0.15) is 13.2 Å². The molecule has 0 amide bonds. The summed E-state index contributed by atoms with van der Waals surface area (Å²) in [6.07, 6.45) is 0.894. The molecule has 0 atom stereocenters. The summed E-state index contributed by atoms with van der Waals surface area (Å²) < 4.78 is 41.1. The van der Waals surface area contributed by atoms with Crippen LogP contribution in [0.2, 0.25) is 0 Å². The maximum absolute atomic E-state index is 12.6. The Morgan fingerprint density at radius 3 is 2.52 bits per heavy atom. The van der Waals surface area contributed by atoms with E-state index in [9.17, 15) is 13.2 Å². The third kappa shape index (κ3) is 4.94. The molecule has 0 aliphatic rings. The van der Waals surface area contributed by atoms with Gasteiger partial charge in [0.25, 0.3) is 0 Å². The Bertz CT molecular complexity index is 963. The molecule has 3 aromatic rings. The number of nitrogens with zero attached hydrogens (tertiary/aromatic N) is 1. The quantitative estimate of drug-likeness (QED) is 0.351. The van der Waals surface area contributed by atoms with E-state index in [4.69, 9.17) is 6.42 Å². The van der Waals surface area contributed by atoms with E-state index in [0.29, 0.717) is 18.0 Å². The highest BCUT2D eigenvalue weighted by molar-refractivity contribution is 8.00. The minimum atomic E-state index is -4.33. The lowest BCUT2D eigenvalue weighted by Crippen LogP contribution is -2.14. The predicted molar refractivity (Wildman–Crippen MR) is 103 cm³/mol. The first-order valence-electron chi connectivity index (χ1n) is 8.10. The van der Waals surface area contributed by atoms with Gasteiger partial charge in [0.15, 0.2) is 0 Å². The van der Waals surface area contributed by atoms with Crippen LogP contribution < -0.4 is 10.0 Å². The molecule has 7 heteroatoms. The van der Waals surface area contributed by atoms with Gasteiger partial charge in [0.1, 0.15) is 0 Å². The first-order chi connectivity index (χ1) is 13.0. The van der Waals surface area contributed by atoms with Gasteiger partial charge in [0.2, 0.25) is 0 Å². The lowest BCUT2D eigenvalue weighted by Gasteiger charge is -2.11. The van der Waals surface area contributed by atoms with Crippen LogP contribution in [0.3, 0.4) is 0 Å². The first-order valence-corrected chi connectivity index (χ1v) is 8.92. The number of hydrogen-bond donors (Lipinski definition) is 2. The molecule has 3 rings (SSSR count). The minimum Gasteiger partial charge on any atom is -0.324 e. The zero-order valence-electron chi connectivity index (χ0n) is 14.2. The number of alkyl halides is 3. The fraction of sp³-hybridized carbons (Fsp3) is 0.150. The number of terminal acetylenes is 1. The smallest absolute Gasteiger partial charge is 0.324 e. The molecule has 0 saturated heterocycles. The second-order valence-corrected chi connectivity index (χ2v) is 6.59. The van der Waals surface area contributed by atoms with E-state index in [1.165, 1.54) is 24.1 Å². The highest BCUT2D eigenvalue weighted by atomic mass is 32.2. The second-order valence-electron chi connectivity index (χ2n) is 5.71. The van der Waals surface area contributed by atoms with Crippen molar-refractivity contribution in [3.8, 4) is 12.3 Å². The third-order valence-electron chi connectivity index (χ3n) is 3.77. The highest BCUT2D eigenvalue weighted by Gasteiger charge is 2.29. The molecule has 1 aromatic heterocycles. The highest BCUT2D eigenvalue weighted by Crippen LogP contribution is 2.32. The maximum atomic E-state index is 12.6. The van der Waals surface area contributed by atoms with E-state index < -0.39 is 11.7 Å². The van der Waals surface area contributed by atoms with E-state index in [1.54, 1.807) is 0 Å². The van der Waals surface area contributed by atoms with Crippen LogP contribution in [0.25, 0.3) is 10.9 Å². The standard InChI is InChI=1S/C20H16F3N3S/c1-2-12-24-13-16-9-6-14-4-3-5-18(19(14)25-16)26-27-17-10-7-15(8-11-17)20(21,22)23/h1,3-11,24,26H,12-13H2. The first kappa shape index (κ1) is 19.1. The SMILES string of the molecule is C#CCNCc1ccc2cccc(NSc3ccc(C(F)(F)F)cc3)c2n1. The van der Waals surface area contributed by atoms with Gasteiger partial charge in [0.05, 0.1) is 29.0 Å². The average molecular weight is 387 g/mol. The molecular formula is C20H16F3N3S. The van der Waals surface area contributed by atoms with Crippen LogP contribution in [-0.2, 0) is 12.7 Å². The summed E-state index contributed by atoms with van der Waals surface area (Å²) in [5.41, 5.74) is 1.77. The molecule has 1 heterocycles. The molecule has 0 saturated carbocycles. The Hall–Kier alpha value is -2.69. The average Bonchev–Trinajstić information content (AvgIpc) is 2.66. The van der Waals surface area contributed by atoms with Crippen molar-refractivity contribution in [2.45, 2.75) is 17.6 Å². The largest absolute Gasteiger partial charge is 0.416 e. The minimum absolute atomic E-state index is 0.462. The summed E-state index contributed by atoms with van der Waals surface area (Å²) in [6.45, 7) is 1.02. The van der Waals surface area contributed by atoms with Gasteiger partial charge < -0.3 is 10.0 Å². The van der Waals surface area contributed by atoms with Crippen LogP contribution in [0.15, 0.2) is 59.5 Å². The number of fused-ring (bicyclic) bond motifs is 1. The summed E-state index contributed by atoms with van der Waals surface area (Å²) >= 11 is 1.24. The normalized spacial score (nSPS) is 11.3. The summed E-state index contributed by atoms with van der Waals surface area (Å²) in [6, 6.07) is 14.7. The van der Waals surface area contributed by atoms with Gasteiger partial charge in [-0.25, -0.2) is 4.98 Å². The predicted octanol–water partition coefficient (Wildman–Crippen LogP) is 5.10. The summed E-state index contributed by atoms with van der Waals surface area (Å²) in [5, 5.41) is 4.06. The zero-order chi connectivity index (χ0) is 19.3. The fourth-order valence-corrected chi connectivity index (χ4v) is 3.12. The molecule has 3 nitrogen and oxygen atoms in total. The molecule has 0 spiro atoms. The number of aromatic nitrogens is 1. The van der Waals surface area contributed by atoms with E-state index >= 15 is 0 Å². The number of halogens is 3. The van der Waals surface area contributed by atoms with Gasteiger partial charge >= 0.3 is 6.18 Å². The fourth-order valence-electron chi connectivity index (χ4n) is 2.46. The van der Waals surface area contributed by atoms with E-state index in [1.807, 2.05) is 30.3 Å². The Labute approximate surface area is 159 Å². The van der Waals surface area contributed by atoms with Crippen molar-refractivity contribution in [3.05, 3.63) is 65.9 Å². The van der Waals surface area contributed by atoms with Gasteiger partial charge in [0, 0.05) is 16.8 Å². The maximum Gasteiger partial charge on any atom is 0.416 e. The van der Waals surface area contributed by atoms with Crippen LogP contribution in [0, 0.1) is 12.3 Å². The lowest BCUT2D eigenvalue weighted by molar-refractivity contribution is -0.137. The summed E-state index contributed by atoms with van der Waals surface area (Å²) in [7, 11) is 0. The number of anilines is 1. The zero-order valence-corrected chi connectivity index (χ0v) is 15.0. The van der Waals surface area contributed by atoms with Crippen molar-refractivity contribution < 1.29 is 13.2 Å². The van der Waals surface area contributed by atoms with Crippen LogP contribution in [0.1, 0.15) is 11.3 Å². The van der Waals surface area contributed by atoms with Crippen molar-refractivity contribution in [2.75, 3.05) is 11.3 Å². The van der Waals surface area contributed by atoms with Crippen molar-refractivity contribution in [1.29, 1.82) is 0 Å². The van der Waals surface area contributed by atoms with Gasteiger partial charge in [-0.15, -0.1) is 6.42 Å². The summed E-state index contributed by atoms with van der Waals surface area (Å²) in [4.78, 5) is 5.32. The van der Waals surface area contributed by atoms with Crippen molar-refractivity contribution in [1.82, 2.24) is 10.3 Å². The molecule has 27 heavy (non-hydrogen) atoms. The molecule has 0 radical (unpaired) electrons. The topological polar surface area (TPSA) is 37.0 Å². The lowest BCUT2D eigenvalue weighted by atomic mass is 10.2. The molecule has 0 fully saturated rings. The Kier molecular flexibility index (Phi) is 5.89. The van der Waals surface area contributed by atoms with Crippen molar-refractivity contribution in [3.63, 3.8) is 0 Å². The van der Waals surface area contributed by atoms with Crippen molar-refractivity contribution in [2.24, 2.45) is 0 Å². The molecular weight excluding hydrogens is 371 g/mol. The molecule has 2 N–H and O–H groups in total. The second kappa shape index (κ2) is 8.33. The number of hydrogen-bond acceptors (Lipinski definition) is 4. The molecule has 2 aromatic carbocycles. The number of pyridine rings is 1. The number of benzene rings is 2. The number of rotatable bonds is 6. The van der Waals surface area contributed by atoms with Crippen LogP contribution in [0.5, 0.6) is 0 Å². The molecule has 0 unspecified atom stereocenters. The van der Waals surface area contributed by atoms with Crippen molar-refractivity contribution >= 4 is 28.5 Å². The van der Waals surface area contributed by atoms with Gasteiger partial charge in [-0.05, 0) is 48.3 Å². The molecule has 0 bridgehead atoms. The van der Waals surface area contributed by atoms with E-state index in [-0.39, 0.29) is 0 Å². The monoisotopic (exact) mass is 387 g/mol.